The van der Waals surface area contributed by atoms with E-state index < -0.39 is 29.8 Å². The molecule has 5 aromatic carbocycles. The zero-order valence-corrected chi connectivity index (χ0v) is 36.6. The van der Waals surface area contributed by atoms with Crippen molar-refractivity contribution >= 4 is 61.6 Å². The number of thiazole rings is 1. The van der Waals surface area contributed by atoms with Gasteiger partial charge in [-0.1, -0.05) is 60.9 Å². The average Bonchev–Trinajstić information content (AvgIpc) is 3.72. The molecule has 1 N–H and O–H groups in total. The van der Waals surface area contributed by atoms with Crippen LogP contribution < -0.4 is 19.2 Å². The van der Waals surface area contributed by atoms with Crippen molar-refractivity contribution in [1.29, 1.82) is 0 Å². The van der Waals surface area contributed by atoms with E-state index in [4.69, 9.17) is 33.4 Å². The van der Waals surface area contributed by atoms with Crippen LogP contribution in [0.1, 0.15) is 59.5 Å². The highest BCUT2D eigenvalue weighted by atomic mass is 32.1. The van der Waals surface area contributed by atoms with Crippen molar-refractivity contribution < 1.29 is 47.9 Å². The lowest BCUT2D eigenvalue weighted by atomic mass is 10.1. The minimum absolute atomic E-state index is 0.100. The minimum Gasteiger partial charge on any atom is -0.491 e. The number of carbonyl (C=O) groups excluding carboxylic acids is 3. The molecule has 0 radical (unpaired) electrons. The lowest BCUT2D eigenvalue weighted by Gasteiger charge is -2.26. The summed E-state index contributed by atoms with van der Waals surface area (Å²) in [7, 11) is 1.79. The summed E-state index contributed by atoms with van der Waals surface area (Å²) < 4.78 is 34.9. The zero-order chi connectivity index (χ0) is 45.1. The second-order valence-corrected chi connectivity index (χ2v) is 16.5. The normalized spacial score (nSPS) is 12.9. The predicted molar refractivity (Wildman–Crippen MR) is 244 cm³/mol. The summed E-state index contributed by atoms with van der Waals surface area (Å²) in [4.78, 5) is 42.9. The quantitative estimate of drug-likeness (QED) is 0.0157. The minimum atomic E-state index is -1.70. The van der Waals surface area contributed by atoms with E-state index in [2.05, 4.69) is 24.3 Å². The molecule has 0 amide bonds. The first kappa shape index (κ1) is 45.7. The number of hydrazone groups is 1. The molecule has 1 heterocycles. The van der Waals surface area contributed by atoms with Gasteiger partial charge >= 0.3 is 17.9 Å². The van der Waals surface area contributed by atoms with Gasteiger partial charge in [0.1, 0.15) is 42.2 Å². The smallest absolute Gasteiger partial charge is 0.343 e. The maximum Gasteiger partial charge on any atom is 0.343 e. The van der Waals surface area contributed by atoms with E-state index in [-0.39, 0.29) is 36.7 Å². The largest absolute Gasteiger partial charge is 0.491 e. The Labute approximate surface area is 369 Å². The van der Waals surface area contributed by atoms with Gasteiger partial charge in [0.2, 0.25) is 5.13 Å². The number of rotatable bonds is 19. The number of esters is 3. The Kier molecular flexibility index (Phi) is 14.7. The third-order valence-electron chi connectivity index (χ3n) is 9.22. The molecular weight excluding hydrogens is 823 g/mol. The molecule has 0 fully saturated rings. The Bertz CT molecular complexity index is 2610. The van der Waals surface area contributed by atoms with Gasteiger partial charge in [0, 0.05) is 30.5 Å². The summed E-state index contributed by atoms with van der Waals surface area (Å²) in [6.45, 7) is 13.9. The molecule has 326 valence electrons. The first-order chi connectivity index (χ1) is 30.1. The van der Waals surface area contributed by atoms with Crippen LogP contribution in [0.15, 0.2) is 134 Å². The van der Waals surface area contributed by atoms with Gasteiger partial charge in [0.15, 0.2) is 5.79 Å². The highest BCUT2D eigenvalue weighted by Crippen LogP contribution is 2.33. The topological polar surface area (TPSA) is 155 Å². The number of aliphatic hydroxyl groups is 1. The molecule has 0 aliphatic rings. The Morgan fingerprint density at radius 3 is 2.25 bits per heavy atom. The Balaban J connectivity index is 1.16. The van der Waals surface area contributed by atoms with E-state index >= 15 is 0 Å². The molecule has 1 aromatic heterocycles. The van der Waals surface area contributed by atoms with Gasteiger partial charge < -0.3 is 33.5 Å². The summed E-state index contributed by atoms with van der Waals surface area (Å²) in [6, 6.07) is 30.5. The number of fused-ring (bicyclic) bond motifs is 3. The van der Waals surface area contributed by atoms with E-state index in [1.165, 1.54) is 36.5 Å². The van der Waals surface area contributed by atoms with Crippen molar-refractivity contribution in [3.8, 4) is 17.2 Å². The van der Waals surface area contributed by atoms with Crippen molar-refractivity contribution in [3.63, 3.8) is 0 Å². The number of ether oxygens (including phenoxy) is 6. The van der Waals surface area contributed by atoms with Crippen molar-refractivity contribution in [2.75, 3.05) is 31.9 Å². The fourth-order valence-electron chi connectivity index (χ4n) is 6.06. The third kappa shape index (κ3) is 12.8. The summed E-state index contributed by atoms with van der Waals surface area (Å²) in [6.07, 6.45) is 3.32. The monoisotopic (exact) mass is 871 g/mol. The Hall–Kier alpha value is -6.87. The Morgan fingerprint density at radius 2 is 1.56 bits per heavy atom. The maximum absolute atomic E-state index is 13.5. The predicted octanol–water partition coefficient (Wildman–Crippen LogP) is 9.10. The number of hydrogen-bond donors (Lipinski definition) is 1. The molecule has 6 aromatic rings. The van der Waals surface area contributed by atoms with E-state index in [0.29, 0.717) is 34.2 Å². The van der Waals surface area contributed by atoms with Gasteiger partial charge in [-0.15, -0.1) is 0 Å². The molecule has 6 rings (SSSR count). The van der Waals surface area contributed by atoms with Gasteiger partial charge in [-0.3, -0.25) is 0 Å². The van der Waals surface area contributed by atoms with Crippen molar-refractivity contribution in [1.82, 2.24) is 4.98 Å². The van der Waals surface area contributed by atoms with Crippen LogP contribution in [0.4, 0.5) is 5.13 Å². The van der Waals surface area contributed by atoms with E-state index in [1.807, 2.05) is 57.2 Å². The standard InChI is InChI=1S/C49H49N3O10S/c1-8-43(53)59-31-39(62-49(6,56)9-2)30-58-37-20-15-35(16-21-37)46(55)60-41-24-14-32(26-27-57-45(54)34-17-22-38(23-18-34)61-48(3,4)5)28-36(41)29-50-52(7)47-51-44-40-13-11-10-12-33(40)19-25-42(44)63-47/h8-25,28-29,39,56H,1-2,26-27,30-31H2,3-7H3/b50-29+. The first-order valence-corrected chi connectivity index (χ1v) is 20.8. The fraction of sp³-hybridized carbons (Fsp3) is 0.245. The average molecular weight is 872 g/mol. The first-order valence-electron chi connectivity index (χ1n) is 20.0. The van der Waals surface area contributed by atoms with Crippen LogP contribution in [0.25, 0.3) is 21.0 Å². The summed E-state index contributed by atoms with van der Waals surface area (Å²) in [5.74, 6) is -2.18. The summed E-state index contributed by atoms with van der Waals surface area (Å²) in [5.41, 5.74) is 2.46. The highest BCUT2D eigenvalue weighted by molar-refractivity contribution is 7.22. The summed E-state index contributed by atoms with van der Waals surface area (Å²) in [5, 5.41) is 19.5. The molecule has 0 aliphatic heterocycles. The second-order valence-electron chi connectivity index (χ2n) is 15.5. The molecular formula is C49H49N3O10S. The lowest BCUT2D eigenvalue weighted by molar-refractivity contribution is -0.202. The summed E-state index contributed by atoms with van der Waals surface area (Å²) >= 11 is 1.50. The van der Waals surface area contributed by atoms with Crippen molar-refractivity contribution in [2.24, 2.45) is 5.10 Å². The molecule has 0 saturated heterocycles. The number of nitrogens with zero attached hydrogens (tertiary/aromatic N) is 3. The van der Waals surface area contributed by atoms with Crippen LogP contribution in [0.5, 0.6) is 17.2 Å². The van der Waals surface area contributed by atoms with Gasteiger partial charge in [-0.2, -0.15) is 5.10 Å². The van der Waals surface area contributed by atoms with E-state index in [9.17, 15) is 19.5 Å². The van der Waals surface area contributed by atoms with E-state index in [1.54, 1.807) is 66.8 Å². The van der Waals surface area contributed by atoms with Crippen LogP contribution >= 0.6 is 11.3 Å². The third-order valence-corrected chi connectivity index (χ3v) is 10.3. The Morgan fingerprint density at radius 1 is 0.857 bits per heavy atom. The number of anilines is 1. The molecule has 0 spiro atoms. The van der Waals surface area contributed by atoms with E-state index in [0.717, 1.165) is 32.6 Å². The molecule has 0 aliphatic carbocycles. The van der Waals surface area contributed by atoms with Gasteiger partial charge in [-0.05, 0) is 111 Å². The lowest BCUT2D eigenvalue weighted by Crippen LogP contribution is -2.37. The second kappa shape index (κ2) is 20.3. The van der Waals surface area contributed by atoms with Gasteiger partial charge in [-0.25, -0.2) is 24.4 Å². The maximum atomic E-state index is 13.5. The van der Waals surface area contributed by atoms with Crippen LogP contribution in [0, 0.1) is 0 Å². The van der Waals surface area contributed by atoms with Crippen LogP contribution in [-0.2, 0) is 25.4 Å². The molecule has 63 heavy (non-hydrogen) atoms. The van der Waals surface area contributed by atoms with Gasteiger partial charge in [0.25, 0.3) is 0 Å². The number of hydrogen-bond acceptors (Lipinski definition) is 14. The molecule has 13 nitrogen and oxygen atoms in total. The van der Waals surface area contributed by atoms with Crippen molar-refractivity contribution in [3.05, 3.63) is 151 Å². The zero-order valence-electron chi connectivity index (χ0n) is 35.7. The molecule has 14 heteroatoms. The molecule has 2 unspecified atom stereocenters. The number of benzene rings is 5. The fourth-order valence-corrected chi connectivity index (χ4v) is 6.96. The SMILES string of the molecule is C=CC(=O)OCC(COc1ccc(C(=O)Oc2ccc(CCOC(=O)c3ccc(OC(C)(C)C)cc3)cc2/C=N/N(C)c2nc3c(ccc4ccccc43)s2)cc1)OC(C)(O)C=C. The van der Waals surface area contributed by atoms with Crippen LogP contribution in [0.3, 0.4) is 0 Å². The highest BCUT2D eigenvalue weighted by Gasteiger charge is 2.25. The van der Waals surface area contributed by atoms with Crippen LogP contribution in [-0.4, -0.2) is 78.6 Å². The molecule has 0 bridgehead atoms. The molecule has 2 atom stereocenters. The molecule has 0 saturated carbocycles. The van der Waals surface area contributed by atoms with Crippen LogP contribution in [0.2, 0.25) is 0 Å². The van der Waals surface area contributed by atoms with Crippen molar-refractivity contribution in [2.45, 2.75) is 51.6 Å². The van der Waals surface area contributed by atoms with Gasteiger partial charge in [0.05, 0.1) is 34.2 Å². The number of carbonyl (C=O) groups is 3. The number of aromatic nitrogens is 1.